The van der Waals surface area contributed by atoms with Gasteiger partial charge in [-0.05, 0) is 45.2 Å². The van der Waals surface area contributed by atoms with Crippen LogP contribution in [0.2, 0.25) is 0 Å². The highest BCUT2D eigenvalue weighted by molar-refractivity contribution is 14.1. The summed E-state index contributed by atoms with van der Waals surface area (Å²) in [5.41, 5.74) is -0.140. The maximum absolute atomic E-state index is 10.4. The fraction of sp³-hybridized carbons (Fsp3) is 0. The topological polar surface area (TPSA) is 48.6 Å². The van der Waals surface area contributed by atoms with E-state index in [2.05, 4.69) is 55.1 Å². The highest BCUT2D eigenvalue weighted by Crippen LogP contribution is 2.05. The maximum atomic E-state index is 10.4. The van der Waals surface area contributed by atoms with Crippen molar-refractivity contribution in [3.8, 4) is 0 Å². The van der Waals surface area contributed by atoms with Gasteiger partial charge in [0.15, 0.2) is 0 Å². The van der Waals surface area contributed by atoms with E-state index >= 15 is 0 Å². The molecule has 0 atom stereocenters. The number of halogens is 2. The highest BCUT2D eigenvalue weighted by atomic mass is 127. The first-order chi connectivity index (χ1) is 3.70. The number of imidazole rings is 1. The zero-order chi connectivity index (χ0) is 6.15. The second kappa shape index (κ2) is 2.38. The van der Waals surface area contributed by atoms with Crippen LogP contribution in [0, 0.1) is 7.40 Å². The van der Waals surface area contributed by atoms with Crippen LogP contribution < -0.4 is 5.69 Å². The summed E-state index contributed by atoms with van der Waals surface area (Å²) < 4.78 is 1.74. The second-order valence-corrected chi connectivity index (χ2v) is 3.36. The van der Waals surface area contributed by atoms with Gasteiger partial charge in [0.25, 0.3) is 0 Å². The van der Waals surface area contributed by atoms with Crippen LogP contribution in [-0.2, 0) is 0 Å². The maximum Gasteiger partial charge on any atom is 0.324 e. The minimum absolute atomic E-state index is 0.140. The van der Waals surface area contributed by atoms with Crippen molar-refractivity contribution in [3.63, 3.8) is 0 Å². The van der Waals surface area contributed by atoms with Gasteiger partial charge in [0, 0.05) is 0 Å². The first kappa shape index (κ1) is 6.59. The number of hydrogen-bond acceptors (Lipinski definition) is 1. The fourth-order valence-corrected chi connectivity index (χ4v) is 1.10. The van der Waals surface area contributed by atoms with Crippen LogP contribution >= 0.6 is 45.2 Å². The second-order valence-electron chi connectivity index (χ2n) is 1.21. The Morgan fingerprint density at radius 1 is 1.12 bits per heavy atom. The zero-order valence-corrected chi connectivity index (χ0v) is 7.98. The van der Waals surface area contributed by atoms with E-state index in [9.17, 15) is 4.79 Å². The Bertz CT molecular complexity index is 215. The molecule has 2 N–H and O–H groups in total. The normalized spacial score (nSPS) is 9.75. The molecule has 3 nitrogen and oxygen atoms in total. The molecule has 0 spiro atoms. The van der Waals surface area contributed by atoms with E-state index < -0.39 is 0 Å². The molecule has 1 heterocycles. The summed E-state index contributed by atoms with van der Waals surface area (Å²) in [4.78, 5) is 15.5. The Morgan fingerprint density at radius 3 is 1.62 bits per heavy atom. The average Bonchev–Trinajstić information content (AvgIpc) is 1.85. The molecular weight excluding hydrogens is 334 g/mol. The summed E-state index contributed by atoms with van der Waals surface area (Å²) in [5.74, 6) is 0. The number of rotatable bonds is 0. The lowest BCUT2D eigenvalue weighted by Crippen LogP contribution is -2.00. The quantitative estimate of drug-likeness (QED) is 0.680. The van der Waals surface area contributed by atoms with E-state index in [-0.39, 0.29) is 5.69 Å². The molecule has 1 aromatic heterocycles. The third-order valence-electron chi connectivity index (χ3n) is 0.639. The van der Waals surface area contributed by atoms with Gasteiger partial charge in [-0.25, -0.2) is 4.79 Å². The summed E-state index contributed by atoms with van der Waals surface area (Å²) >= 11 is 4.10. The number of H-pyrrole nitrogens is 2. The Labute approximate surface area is 72.5 Å². The van der Waals surface area contributed by atoms with Gasteiger partial charge in [0.1, 0.15) is 7.40 Å². The van der Waals surface area contributed by atoms with Gasteiger partial charge < -0.3 is 9.97 Å². The molecule has 44 valence electrons. The molecule has 0 saturated carbocycles. The van der Waals surface area contributed by atoms with Gasteiger partial charge in [-0.1, -0.05) is 0 Å². The smallest absolute Gasteiger partial charge is 0.300 e. The number of aromatic amines is 2. The van der Waals surface area contributed by atoms with Gasteiger partial charge in [0.2, 0.25) is 0 Å². The molecule has 0 aliphatic rings. The van der Waals surface area contributed by atoms with Crippen LogP contribution in [0.15, 0.2) is 4.79 Å². The molecule has 1 aromatic rings. The first-order valence-electron chi connectivity index (χ1n) is 1.83. The predicted octanol–water partition coefficient (Wildman–Crippen LogP) is 0.912. The summed E-state index contributed by atoms with van der Waals surface area (Å²) in [7, 11) is 0. The van der Waals surface area contributed by atoms with Crippen LogP contribution in [0.5, 0.6) is 0 Å². The zero-order valence-electron chi connectivity index (χ0n) is 3.66. The molecule has 0 saturated heterocycles. The van der Waals surface area contributed by atoms with E-state index in [0.29, 0.717) is 0 Å². The van der Waals surface area contributed by atoms with Gasteiger partial charge >= 0.3 is 5.69 Å². The number of aromatic nitrogens is 2. The predicted molar refractivity (Wildman–Crippen MR) is 46.8 cm³/mol. The molecule has 0 amide bonds. The van der Waals surface area contributed by atoms with Gasteiger partial charge in [-0.2, -0.15) is 0 Å². The molecule has 1 rings (SSSR count). The average molecular weight is 336 g/mol. The van der Waals surface area contributed by atoms with Crippen LogP contribution in [0.4, 0.5) is 0 Å². The van der Waals surface area contributed by atoms with Crippen LogP contribution in [0.3, 0.4) is 0 Å². The number of hydrogen-bond donors (Lipinski definition) is 2. The highest BCUT2D eigenvalue weighted by Gasteiger charge is 1.95. The van der Waals surface area contributed by atoms with Crippen molar-refractivity contribution in [1.29, 1.82) is 0 Å². The minimum atomic E-state index is -0.140. The summed E-state index contributed by atoms with van der Waals surface area (Å²) in [6.45, 7) is 0. The lowest BCUT2D eigenvalue weighted by Gasteiger charge is -1.74. The van der Waals surface area contributed by atoms with Crippen molar-refractivity contribution in [2.45, 2.75) is 0 Å². The van der Waals surface area contributed by atoms with E-state index in [0.717, 1.165) is 7.40 Å². The lowest BCUT2D eigenvalue weighted by atomic mass is 11.0. The minimum Gasteiger partial charge on any atom is -0.300 e. The van der Waals surface area contributed by atoms with E-state index in [1.54, 1.807) is 0 Å². The van der Waals surface area contributed by atoms with Crippen LogP contribution in [-0.4, -0.2) is 9.97 Å². The Kier molecular flexibility index (Phi) is 1.96. The van der Waals surface area contributed by atoms with Crippen molar-refractivity contribution in [2.24, 2.45) is 0 Å². The third kappa shape index (κ3) is 1.24. The molecule has 0 fully saturated rings. The van der Waals surface area contributed by atoms with Crippen molar-refractivity contribution >= 4 is 45.2 Å². The number of nitrogens with one attached hydrogen (secondary N) is 2. The van der Waals surface area contributed by atoms with Crippen LogP contribution in [0.25, 0.3) is 0 Å². The molecular formula is C3H2I2N2O. The molecule has 0 aromatic carbocycles. The largest absolute Gasteiger partial charge is 0.324 e. The summed E-state index contributed by atoms with van der Waals surface area (Å²) in [6.07, 6.45) is 0. The molecule has 0 unspecified atom stereocenters. The molecule has 0 radical (unpaired) electrons. The summed E-state index contributed by atoms with van der Waals surface area (Å²) in [6, 6.07) is 0. The molecule has 8 heavy (non-hydrogen) atoms. The van der Waals surface area contributed by atoms with E-state index in [1.165, 1.54) is 0 Å². The molecule has 0 bridgehead atoms. The van der Waals surface area contributed by atoms with Crippen molar-refractivity contribution in [2.75, 3.05) is 0 Å². The first-order valence-corrected chi connectivity index (χ1v) is 3.99. The standard InChI is InChI=1S/C3H2I2N2O/c4-1-2(5)7-3(8)6-1/h(H2,6,7,8). The van der Waals surface area contributed by atoms with Gasteiger partial charge in [-0.15, -0.1) is 0 Å². The Morgan fingerprint density at radius 2 is 1.50 bits per heavy atom. The molecule has 5 heteroatoms. The van der Waals surface area contributed by atoms with Gasteiger partial charge in [0.05, 0.1) is 0 Å². The third-order valence-corrected chi connectivity index (χ3v) is 3.29. The lowest BCUT2D eigenvalue weighted by molar-refractivity contribution is 1.17. The Balaban J connectivity index is 3.35. The van der Waals surface area contributed by atoms with Crippen molar-refractivity contribution in [1.82, 2.24) is 9.97 Å². The Hall–Kier alpha value is 0.470. The van der Waals surface area contributed by atoms with Crippen LogP contribution in [0.1, 0.15) is 0 Å². The SMILES string of the molecule is O=c1[nH]c(I)c(I)[nH]1. The fourth-order valence-electron chi connectivity index (χ4n) is 0.340. The molecule has 0 aliphatic heterocycles. The van der Waals surface area contributed by atoms with Gasteiger partial charge in [-0.3, -0.25) is 0 Å². The van der Waals surface area contributed by atoms with E-state index in [1.807, 2.05) is 0 Å². The van der Waals surface area contributed by atoms with Crippen molar-refractivity contribution in [3.05, 3.63) is 17.9 Å². The van der Waals surface area contributed by atoms with E-state index in [4.69, 9.17) is 0 Å². The summed E-state index contributed by atoms with van der Waals surface area (Å²) in [5, 5.41) is 0. The monoisotopic (exact) mass is 336 g/mol. The molecule has 0 aliphatic carbocycles. The van der Waals surface area contributed by atoms with Crippen molar-refractivity contribution < 1.29 is 0 Å².